The summed E-state index contributed by atoms with van der Waals surface area (Å²) in [7, 11) is 0. The molecule has 1 aromatic heterocycles. The molecule has 0 amide bonds. The molecule has 6 nitrogen and oxygen atoms in total. The van der Waals surface area contributed by atoms with Crippen molar-refractivity contribution in [2.75, 3.05) is 24.7 Å². The van der Waals surface area contributed by atoms with E-state index in [0.717, 1.165) is 32.0 Å². The van der Waals surface area contributed by atoms with Gasteiger partial charge in [-0.1, -0.05) is 0 Å². The Morgan fingerprint density at radius 1 is 1.50 bits per heavy atom. The molecule has 1 aliphatic heterocycles. The van der Waals surface area contributed by atoms with Crippen LogP contribution in [0.25, 0.3) is 0 Å². The van der Waals surface area contributed by atoms with E-state index in [2.05, 4.69) is 9.88 Å². The number of pyridine rings is 1. The lowest BCUT2D eigenvalue weighted by Gasteiger charge is -2.26. The van der Waals surface area contributed by atoms with Crippen molar-refractivity contribution in [2.24, 2.45) is 5.92 Å². The molecule has 2 fully saturated rings. The van der Waals surface area contributed by atoms with Crippen LogP contribution in [0, 0.1) is 23.0 Å². The number of rotatable bonds is 5. The van der Waals surface area contributed by atoms with Gasteiger partial charge in [0.1, 0.15) is 12.0 Å². The summed E-state index contributed by atoms with van der Waals surface area (Å²) in [6, 6.07) is 2.38. The van der Waals surface area contributed by atoms with Crippen molar-refractivity contribution in [1.29, 1.82) is 0 Å². The molecule has 1 saturated carbocycles. The second-order valence-electron chi connectivity index (χ2n) is 5.70. The molecular formula is C14H19N3O3. The van der Waals surface area contributed by atoms with Crippen molar-refractivity contribution >= 4 is 11.5 Å². The minimum absolute atomic E-state index is 0.0914. The van der Waals surface area contributed by atoms with Gasteiger partial charge in [-0.3, -0.25) is 10.1 Å². The van der Waals surface area contributed by atoms with Gasteiger partial charge in [0, 0.05) is 30.7 Å². The van der Waals surface area contributed by atoms with Gasteiger partial charge in [-0.05, 0) is 32.3 Å². The summed E-state index contributed by atoms with van der Waals surface area (Å²) >= 11 is 0. The third-order valence-electron chi connectivity index (χ3n) is 4.03. The average Bonchev–Trinajstić information content (AvgIpc) is 3.12. The molecule has 0 N–H and O–H groups in total. The molecule has 20 heavy (non-hydrogen) atoms. The fourth-order valence-corrected chi connectivity index (χ4v) is 2.70. The Morgan fingerprint density at radius 3 is 2.85 bits per heavy atom. The number of nitrogens with zero attached hydrogens (tertiary/aromatic N) is 3. The highest BCUT2D eigenvalue weighted by atomic mass is 16.6. The van der Waals surface area contributed by atoms with Crippen LogP contribution in [0.3, 0.4) is 0 Å². The molecule has 0 bridgehead atoms. The van der Waals surface area contributed by atoms with E-state index in [1.54, 1.807) is 6.92 Å². The van der Waals surface area contributed by atoms with E-state index in [-0.39, 0.29) is 10.6 Å². The van der Waals surface area contributed by atoms with Crippen LogP contribution >= 0.6 is 0 Å². The summed E-state index contributed by atoms with van der Waals surface area (Å²) in [5.41, 5.74) is 0.766. The Balaban J connectivity index is 1.80. The molecule has 0 aromatic carbocycles. The third kappa shape index (κ3) is 2.75. The van der Waals surface area contributed by atoms with E-state index < -0.39 is 0 Å². The molecule has 1 atom stereocenters. The summed E-state index contributed by atoms with van der Waals surface area (Å²) in [6.07, 6.45) is 4.84. The summed E-state index contributed by atoms with van der Waals surface area (Å²) in [5, 5.41) is 10.9. The second kappa shape index (κ2) is 5.36. The first-order chi connectivity index (χ1) is 9.65. The molecule has 0 radical (unpaired) electrons. The van der Waals surface area contributed by atoms with Crippen molar-refractivity contribution < 1.29 is 9.66 Å². The van der Waals surface area contributed by atoms with Crippen LogP contribution in [0.5, 0.6) is 0 Å². The number of anilines is 1. The number of aryl methyl sites for hydroxylation is 1. The molecule has 1 aliphatic carbocycles. The van der Waals surface area contributed by atoms with Gasteiger partial charge < -0.3 is 9.64 Å². The van der Waals surface area contributed by atoms with Crippen LogP contribution < -0.4 is 4.90 Å². The van der Waals surface area contributed by atoms with Crippen LogP contribution in [0.1, 0.15) is 24.8 Å². The van der Waals surface area contributed by atoms with Crippen molar-refractivity contribution in [2.45, 2.75) is 32.2 Å². The van der Waals surface area contributed by atoms with Gasteiger partial charge in [0.05, 0.1) is 11.5 Å². The largest absolute Gasteiger partial charge is 0.381 e. The van der Waals surface area contributed by atoms with Crippen molar-refractivity contribution in [3.63, 3.8) is 0 Å². The monoisotopic (exact) mass is 277 g/mol. The molecule has 2 heterocycles. The normalized spacial score (nSPS) is 21.9. The maximum Gasteiger partial charge on any atom is 0.290 e. The number of hydrogen-bond donors (Lipinski definition) is 0. The first-order valence-corrected chi connectivity index (χ1v) is 7.10. The molecule has 0 spiro atoms. The van der Waals surface area contributed by atoms with Gasteiger partial charge >= 0.3 is 0 Å². The first kappa shape index (κ1) is 13.3. The summed E-state index contributed by atoms with van der Waals surface area (Å²) in [6.45, 7) is 4.37. The summed E-state index contributed by atoms with van der Waals surface area (Å²) in [4.78, 5) is 17.1. The van der Waals surface area contributed by atoms with E-state index in [4.69, 9.17) is 4.74 Å². The lowest BCUT2D eigenvalue weighted by Crippen LogP contribution is -2.32. The molecule has 108 valence electrons. The molecule has 0 unspecified atom stereocenters. The SMILES string of the molecule is Cc1cc(N(C[C@@H]2CCOC2)C2CC2)ncc1[N+](=O)[O-]. The fourth-order valence-electron chi connectivity index (χ4n) is 2.70. The maximum atomic E-state index is 10.9. The van der Waals surface area contributed by atoms with Crippen LogP contribution in [0.4, 0.5) is 11.5 Å². The minimum Gasteiger partial charge on any atom is -0.381 e. The van der Waals surface area contributed by atoms with Crippen LogP contribution in [0.15, 0.2) is 12.3 Å². The second-order valence-corrected chi connectivity index (χ2v) is 5.70. The molecule has 1 aromatic rings. The molecule has 1 saturated heterocycles. The smallest absolute Gasteiger partial charge is 0.290 e. The Kier molecular flexibility index (Phi) is 3.56. The highest BCUT2D eigenvalue weighted by Gasteiger charge is 2.33. The van der Waals surface area contributed by atoms with Gasteiger partial charge in [-0.15, -0.1) is 0 Å². The molecule has 2 aliphatic rings. The van der Waals surface area contributed by atoms with Crippen molar-refractivity contribution in [3.8, 4) is 0 Å². The number of hydrogen-bond acceptors (Lipinski definition) is 5. The van der Waals surface area contributed by atoms with Gasteiger partial charge in [0.2, 0.25) is 0 Å². The van der Waals surface area contributed by atoms with Gasteiger partial charge in [-0.2, -0.15) is 0 Å². The van der Waals surface area contributed by atoms with Crippen LogP contribution in [-0.2, 0) is 4.74 Å². The molecule has 6 heteroatoms. The number of nitro groups is 1. The average molecular weight is 277 g/mol. The zero-order chi connectivity index (χ0) is 14.1. The molecular weight excluding hydrogens is 258 g/mol. The van der Waals surface area contributed by atoms with Gasteiger partial charge in [0.15, 0.2) is 0 Å². The third-order valence-corrected chi connectivity index (χ3v) is 4.03. The highest BCUT2D eigenvalue weighted by molar-refractivity contribution is 5.50. The fraction of sp³-hybridized carbons (Fsp3) is 0.643. The Labute approximate surface area is 117 Å². The minimum atomic E-state index is -0.377. The standard InChI is InChI=1S/C14H19N3O3/c1-10-6-14(15-7-13(10)17(18)19)16(12-2-3-12)8-11-4-5-20-9-11/h6-7,11-12H,2-5,8-9H2,1H3/t11-/m0/s1. The lowest BCUT2D eigenvalue weighted by atomic mass is 10.1. The lowest BCUT2D eigenvalue weighted by molar-refractivity contribution is -0.385. The Hall–Kier alpha value is -1.69. The zero-order valence-corrected chi connectivity index (χ0v) is 11.6. The summed E-state index contributed by atoms with van der Waals surface area (Å²) < 4.78 is 5.43. The zero-order valence-electron chi connectivity index (χ0n) is 11.6. The van der Waals surface area contributed by atoms with Crippen molar-refractivity contribution in [1.82, 2.24) is 4.98 Å². The van der Waals surface area contributed by atoms with E-state index in [1.165, 1.54) is 19.0 Å². The Morgan fingerprint density at radius 2 is 2.30 bits per heavy atom. The predicted molar refractivity (Wildman–Crippen MR) is 74.9 cm³/mol. The maximum absolute atomic E-state index is 10.9. The van der Waals surface area contributed by atoms with E-state index >= 15 is 0 Å². The highest BCUT2D eigenvalue weighted by Crippen LogP contribution is 2.33. The predicted octanol–water partition coefficient (Wildman–Crippen LogP) is 2.30. The topological polar surface area (TPSA) is 68.5 Å². The van der Waals surface area contributed by atoms with E-state index in [0.29, 0.717) is 17.5 Å². The Bertz CT molecular complexity index is 510. The van der Waals surface area contributed by atoms with Crippen LogP contribution in [-0.4, -0.2) is 35.7 Å². The van der Waals surface area contributed by atoms with Crippen LogP contribution in [0.2, 0.25) is 0 Å². The van der Waals surface area contributed by atoms with Gasteiger partial charge in [0.25, 0.3) is 5.69 Å². The van der Waals surface area contributed by atoms with Gasteiger partial charge in [-0.25, -0.2) is 4.98 Å². The molecule has 3 rings (SSSR count). The quantitative estimate of drug-likeness (QED) is 0.610. The first-order valence-electron chi connectivity index (χ1n) is 7.10. The van der Waals surface area contributed by atoms with Crippen molar-refractivity contribution in [3.05, 3.63) is 27.9 Å². The van der Waals surface area contributed by atoms with E-state index in [1.807, 2.05) is 6.07 Å². The van der Waals surface area contributed by atoms with E-state index in [9.17, 15) is 10.1 Å². The number of aromatic nitrogens is 1. The summed E-state index contributed by atoms with van der Waals surface area (Å²) in [5.74, 6) is 1.41. The number of ether oxygens (including phenoxy) is 1.